The average molecular weight is 210 g/mol. The fourth-order valence-corrected chi connectivity index (χ4v) is 1.46. The van der Waals surface area contributed by atoms with Crippen molar-refractivity contribution in [3.63, 3.8) is 0 Å². The van der Waals surface area contributed by atoms with E-state index in [9.17, 15) is 4.39 Å². The van der Waals surface area contributed by atoms with Crippen molar-refractivity contribution in [2.45, 2.75) is 12.8 Å². The topological polar surface area (TPSA) is 47.3 Å². The molecule has 0 heterocycles. The molecule has 2 rings (SSSR count). The summed E-state index contributed by atoms with van der Waals surface area (Å²) in [5.41, 5.74) is 6.37. The van der Waals surface area contributed by atoms with E-state index in [4.69, 9.17) is 10.5 Å². The van der Waals surface area contributed by atoms with Crippen molar-refractivity contribution < 1.29 is 9.13 Å². The maximum absolute atomic E-state index is 13.4. The van der Waals surface area contributed by atoms with Crippen LogP contribution in [0.15, 0.2) is 12.1 Å². The van der Waals surface area contributed by atoms with Gasteiger partial charge in [0.05, 0.1) is 18.5 Å². The summed E-state index contributed by atoms with van der Waals surface area (Å²) in [6.45, 7) is 0.823. The summed E-state index contributed by atoms with van der Waals surface area (Å²) in [6, 6.07) is 2.89. The van der Waals surface area contributed by atoms with Gasteiger partial charge in [-0.3, -0.25) is 0 Å². The first kappa shape index (κ1) is 10.1. The molecule has 0 atom stereocenters. The van der Waals surface area contributed by atoms with Crippen LogP contribution in [-0.4, -0.2) is 13.7 Å². The van der Waals surface area contributed by atoms with E-state index >= 15 is 0 Å². The van der Waals surface area contributed by atoms with Gasteiger partial charge in [-0.05, 0) is 18.8 Å². The van der Waals surface area contributed by atoms with Crippen LogP contribution in [0.1, 0.15) is 12.8 Å². The summed E-state index contributed by atoms with van der Waals surface area (Å²) in [7, 11) is 1.52. The van der Waals surface area contributed by atoms with Gasteiger partial charge in [-0.15, -0.1) is 0 Å². The van der Waals surface area contributed by atoms with Crippen molar-refractivity contribution in [3.05, 3.63) is 17.9 Å². The molecule has 3 N–H and O–H groups in total. The summed E-state index contributed by atoms with van der Waals surface area (Å²) in [4.78, 5) is 0. The van der Waals surface area contributed by atoms with E-state index in [1.807, 2.05) is 0 Å². The molecule has 0 bridgehead atoms. The Morgan fingerprint density at radius 3 is 2.87 bits per heavy atom. The number of halogens is 1. The lowest BCUT2D eigenvalue weighted by molar-refractivity contribution is 0.416. The third-order valence-electron chi connectivity index (χ3n) is 2.60. The zero-order chi connectivity index (χ0) is 10.8. The first-order chi connectivity index (χ1) is 7.20. The summed E-state index contributed by atoms with van der Waals surface area (Å²) < 4.78 is 18.5. The van der Waals surface area contributed by atoms with Crippen molar-refractivity contribution in [1.29, 1.82) is 0 Å². The van der Waals surface area contributed by atoms with E-state index < -0.39 is 0 Å². The largest absolute Gasteiger partial charge is 0.495 e. The number of benzene rings is 1. The lowest BCUT2D eigenvalue weighted by Crippen LogP contribution is -2.06. The standard InChI is InChI=1S/C11H15FN2O/c1-15-11-5-10(8(12)4-9(11)13)14-6-7-2-3-7/h4-5,7,14H,2-3,6,13H2,1H3. The SMILES string of the molecule is COc1cc(NCC2CC2)c(F)cc1N. The van der Waals surface area contributed by atoms with Crippen molar-refractivity contribution >= 4 is 11.4 Å². The smallest absolute Gasteiger partial charge is 0.148 e. The number of methoxy groups -OCH3 is 1. The fourth-order valence-electron chi connectivity index (χ4n) is 1.46. The summed E-state index contributed by atoms with van der Waals surface area (Å²) >= 11 is 0. The zero-order valence-corrected chi connectivity index (χ0v) is 8.72. The highest BCUT2D eigenvalue weighted by atomic mass is 19.1. The molecule has 0 aromatic heterocycles. The maximum Gasteiger partial charge on any atom is 0.148 e. The van der Waals surface area contributed by atoms with Gasteiger partial charge in [0.15, 0.2) is 0 Å². The molecule has 15 heavy (non-hydrogen) atoms. The van der Waals surface area contributed by atoms with Gasteiger partial charge in [-0.25, -0.2) is 4.39 Å². The third kappa shape index (κ3) is 2.32. The minimum atomic E-state index is -0.325. The van der Waals surface area contributed by atoms with Gasteiger partial charge in [0, 0.05) is 18.7 Å². The molecule has 1 aliphatic carbocycles. The molecule has 82 valence electrons. The van der Waals surface area contributed by atoms with Crippen LogP contribution in [0.3, 0.4) is 0 Å². The Kier molecular flexibility index (Phi) is 2.66. The number of rotatable bonds is 4. The molecule has 3 nitrogen and oxygen atoms in total. The van der Waals surface area contributed by atoms with Crippen LogP contribution in [0.4, 0.5) is 15.8 Å². The first-order valence-electron chi connectivity index (χ1n) is 5.07. The molecule has 0 spiro atoms. The van der Waals surface area contributed by atoms with Crippen LogP contribution in [0, 0.1) is 11.7 Å². The van der Waals surface area contributed by atoms with Crippen LogP contribution in [0.25, 0.3) is 0 Å². The van der Waals surface area contributed by atoms with Crippen molar-refractivity contribution in [2.24, 2.45) is 5.92 Å². The van der Waals surface area contributed by atoms with E-state index in [0.29, 0.717) is 23.0 Å². The van der Waals surface area contributed by atoms with Gasteiger partial charge in [0.25, 0.3) is 0 Å². The molecule has 0 radical (unpaired) electrons. The van der Waals surface area contributed by atoms with Gasteiger partial charge >= 0.3 is 0 Å². The highest BCUT2D eigenvalue weighted by Crippen LogP contribution is 2.31. The van der Waals surface area contributed by atoms with Crippen LogP contribution in [-0.2, 0) is 0 Å². The van der Waals surface area contributed by atoms with E-state index in [1.165, 1.54) is 26.0 Å². The predicted molar refractivity (Wildman–Crippen MR) is 58.6 cm³/mol. The second-order valence-electron chi connectivity index (χ2n) is 3.90. The number of anilines is 2. The first-order valence-corrected chi connectivity index (χ1v) is 5.07. The van der Waals surface area contributed by atoms with Gasteiger partial charge in [0.1, 0.15) is 11.6 Å². The van der Waals surface area contributed by atoms with Crippen LogP contribution >= 0.6 is 0 Å². The number of ether oxygens (including phenoxy) is 1. The van der Waals surface area contributed by atoms with Crippen molar-refractivity contribution in [2.75, 3.05) is 24.7 Å². The van der Waals surface area contributed by atoms with Gasteiger partial charge in [-0.1, -0.05) is 0 Å². The molecule has 1 fully saturated rings. The molecular weight excluding hydrogens is 195 g/mol. The lowest BCUT2D eigenvalue weighted by Gasteiger charge is -2.10. The molecule has 0 saturated heterocycles. The Balaban J connectivity index is 2.13. The summed E-state index contributed by atoms with van der Waals surface area (Å²) in [6.07, 6.45) is 2.47. The summed E-state index contributed by atoms with van der Waals surface area (Å²) in [5.74, 6) is 0.886. The number of hydrogen-bond acceptors (Lipinski definition) is 3. The van der Waals surface area contributed by atoms with E-state index in [1.54, 1.807) is 6.07 Å². The molecule has 1 saturated carbocycles. The molecule has 1 aromatic rings. The lowest BCUT2D eigenvalue weighted by atomic mass is 10.2. The van der Waals surface area contributed by atoms with E-state index in [-0.39, 0.29) is 5.82 Å². The van der Waals surface area contributed by atoms with Crippen LogP contribution < -0.4 is 15.8 Å². The quantitative estimate of drug-likeness (QED) is 0.749. The predicted octanol–water partition coefficient (Wildman–Crippen LogP) is 2.24. The maximum atomic E-state index is 13.4. The second kappa shape index (κ2) is 3.96. The molecule has 0 amide bonds. The van der Waals surface area contributed by atoms with Gasteiger partial charge in [-0.2, -0.15) is 0 Å². The Morgan fingerprint density at radius 2 is 2.27 bits per heavy atom. The normalized spacial score (nSPS) is 15.1. The van der Waals surface area contributed by atoms with Crippen molar-refractivity contribution in [3.8, 4) is 5.75 Å². The van der Waals surface area contributed by atoms with Crippen LogP contribution in [0.5, 0.6) is 5.75 Å². The fraction of sp³-hybridized carbons (Fsp3) is 0.455. The zero-order valence-electron chi connectivity index (χ0n) is 8.72. The molecule has 0 unspecified atom stereocenters. The molecule has 1 aromatic carbocycles. The third-order valence-corrected chi connectivity index (χ3v) is 2.60. The number of nitrogen functional groups attached to an aromatic ring is 1. The molecular formula is C11H15FN2O. The van der Waals surface area contributed by atoms with Crippen LogP contribution in [0.2, 0.25) is 0 Å². The van der Waals surface area contributed by atoms with E-state index in [0.717, 1.165) is 6.54 Å². The van der Waals surface area contributed by atoms with E-state index in [2.05, 4.69) is 5.32 Å². The summed E-state index contributed by atoms with van der Waals surface area (Å²) in [5, 5.41) is 3.07. The minimum Gasteiger partial charge on any atom is -0.495 e. The van der Waals surface area contributed by atoms with Gasteiger partial charge < -0.3 is 15.8 Å². The number of hydrogen-bond donors (Lipinski definition) is 2. The molecule has 0 aliphatic heterocycles. The molecule has 4 heteroatoms. The highest BCUT2D eigenvalue weighted by Gasteiger charge is 2.21. The second-order valence-corrected chi connectivity index (χ2v) is 3.90. The Hall–Kier alpha value is -1.45. The number of nitrogens with two attached hydrogens (primary N) is 1. The number of nitrogens with one attached hydrogen (secondary N) is 1. The Bertz CT molecular complexity index is 364. The highest BCUT2D eigenvalue weighted by molar-refractivity contribution is 5.62. The Labute approximate surface area is 88.4 Å². The average Bonchev–Trinajstić information content (AvgIpc) is 3.00. The minimum absolute atomic E-state index is 0.325. The van der Waals surface area contributed by atoms with Gasteiger partial charge in [0.2, 0.25) is 0 Å². The monoisotopic (exact) mass is 210 g/mol. The molecule has 1 aliphatic rings. The Morgan fingerprint density at radius 1 is 1.53 bits per heavy atom. The van der Waals surface area contributed by atoms with Crippen molar-refractivity contribution in [1.82, 2.24) is 0 Å².